The number of benzene rings is 1. The molecule has 2 rings (SSSR count). The van der Waals surface area contributed by atoms with E-state index in [1.165, 1.54) is 12.1 Å². The highest BCUT2D eigenvalue weighted by atomic mass is 32.2. The topological polar surface area (TPSA) is 46.2 Å². The Hall–Kier alpha value is -0.940. The van der Waals surface area contributed by atoms with Crippen LogP contribution in [0.4, 0.5) is 4.39 Å². The SMILES string of the molecule is Cc1cc(F)ccc1CS(=O)(=O)CC1CNC1. The van der Waals surface area contributed by atoms with E-state index in [0.717, 1.165) is 13.1 Å². The normalized spacial score (nSPS) is 16.8. The van der Waals surface area contributed by atoms with Crippen LogP contribution < -0.4 is 5.32 Å². The zero-order valence-electron chi connectivity index (χ0n) is 9.74. The Morgan fingerprint density at radius 3 is 2.65 bits per heavy atom. The summed E-state index contributed by atoms with van der Waals surface area (Å²) in [6, 6.07) is 4.24. The standard InChI is InChI=1S/C12H16FNO2S/c1-9-4-12(13)3-2-11(9)8-17(15,16)7-10-5-14-6-10/h2-4,10,14H,5-8H2,1H3. The fourth-order valence-electron chi connectivity index (χ4n) is 1.94. The molecule has 0 unspecified atom stereocenters. The molecule has 0 aliphatic carbocycles. The highest BCUT2D eigenvalue weighted by molar-refractivity contribution is 7.90. The summed E-state index contributed by atoms with van der Waals surface area (Å²) in [5.41, 5.74) is 1.39. The number of hydrogen-bond donors (Lipinski definition) is 1. The van der Waals surface area contributed by atoms with Gasteiger partial charge in [0.2, 0.25) is 0 Å². The maximum Gasteiger partial charge on any atom is 0.154 e. The van der Waals surface area contributed by atoms with Crippen molar-refractivity contribution in [2.75, 3.05) is 18.8 Å². The molecular weight excluding hydrogens is 241 g/mol. The number of sulfone groups is 1. The van der Waals surface area contributed by atoms with E-state index >= 15 is 0 Å². The molecule has 0 amide bonds. The molecule has 1 fully saturated rings. The van der Waals surface area contributed by atoms with Gasteiger partial charge < -0.3 is 5.32 Å². The van der Waals surface area contributed by atoms with Crippen LogP contribution >= 0.6 is 0 Å². The lowest BCUT2D eigenvalue weighted by atomic mass is 10.1. The predicted molar refractivity (Wildman–Crippen MR) is 65.0 cm³/mol. The fraction of sp³-hybridized carbons (Fsp3) is 0.500. The van der Waals surface area contributed by atoms with Crippen LogP contribution in [0, 0.1) is 18.7 Å². The summed E-state index contributed by atoms with van der Waals surface area (Å²) in [5.74, 6) is 0.138. The molecule has 1 aromatic carbocycles. The molecule has 0 spiro atoms. The molecule has 0 saturated carbocycles. The van der Waals surface area contributed by atoms with Gasteiger partial charge in [-0.1, -0.05) is 6.07 Å². The van der Waals surface area contributed by atoms with Crippen molar-refractivity contribution in [3.63, 3.8) is 0 Å². The van der Waals surface area contributed by atoms with Crippen molar-refractivity contribution in [3.8, 4) is 0 Å². The van der Waals surface area contributed by atoms with Crippen LogP contribution in [0.3, 0.4) is 0 Å². The van der Waals surface area contributed by atoms with Gasteiger partial charge in [0, 0.05) is 13.1 Å². The van der Waals surface area contributed by atoms with Crippen LogP contribution in [0.5, 0.6) is 0 Å². The Morgan fingerprint density at radius 2 is 2.12 bits per heavy atom. The third kappa shape index (κ3) is 3.26. The molecular formula is C12H16FNO2S. The summed E-state index contributed by atoms with van der Waals surface area (Å²) >= 11 is 0. The molecule has 1 saturated heterocycles. The largest absolute Gasteiger partial charge is 0.316 e. The van der Waals surface area contributed by atoms with Crippen molar-refractivity contribution in [1.82, 2.24) is 5.32 Å². The zero-order valence-corrected chi connectivity index (χ0v) is 10.6. The quantitative estimate of drug-likeness (QED) is 0.883. The van der Waals surface area contributed by atoms with Crippen molar-refractivity contribution in [2.45, 2.75) is 12.7 Å². The van der Waals surface area contributed by atoms with Gasteiger partial charge in [0.15, 0.2) is 9.84 Å². The molecule has 1 aromatic rings. The van der Waals surface area contributed by atoms with Crippen molar-refractivity contribution in [3.05, 3.63) is 35.1 Å². The van der Waals surface area contributed by atoms with Gasteiger partial charge in [0.25, 0.3) is 0 Å². The van der Waals surface area contributed by atoms with Crippen molar-refractivity contribution in [1.29, 1.82) is 0 Å². The lowest BCUT2D eigenvalue weighted by molar-refractivity contribution is 0.378. The van der Waals surface area contributed by atoms with E-state index in [4.69, 9.17) is 0 Å². The minimum atomic E-state index is -3.09. The second-order valence-electron chi connectivity index (χ2n) is 4.65. The van der Waals surface area contributed by atoms with Gasteiger partial charge in [-0.15, -0.1) is 0 Å². The van der Waals surface area contributed by atoms with Gasteiger partial charge in [0.05, 0.1) is 11.5 Å². The van der Waals surface area contributed by atoms with E-state index in [2.05, 4.69) is 5.32 Å². The van der Waals surface area contributed by atoms with E-state index in [9.17, 15) is 12.8 Å². The average Bonchev–Trinajstić information content (AvgIpc) is 2.17. The van der Waals surface area contributed by atoms with E-state index < -0.39 is 9.84 Å². The number of halogens is 1. The molecule has 1 N–H and O–H groups in total. The van der Waals surface area contributed by atoms with Gasteiger partial charge in [-0.05, 0) is 36.1 Å². The summed E-state index contributed by atoms with van der Waals surface area (Å²) in [4.78, 5) is 0. The van der Waals surface area contributed by atoms with Crippen LogP contribution in [-0.2, 0) is 15.6 Å². The molecule has 17 heavy (non-hydrogen) atoms. The first-order valence-electron chi connectivity index (χ1n) is 5.62. The van der Waals surface area contributed by atoms with Crippen LogP contribution in [0.2, 0.25) is 0 Å². The van der Waals surface area contributed by atoms with Crippen molar-refractivity contribution >= 4 is 9.84 Å². The summed E-state index contributed by atoms with van der Waals surface area (Å²) in [7, 11) is -3.09. The maximum atomic E-state index is 12.9. The summed E-state index contributed by atoms with van der Waals surface area (Å²) < 4.78 is 36.7. The molecule has 0 aromatic heterocycles. The third-order valence-electron chi connectivity index (χ3n) is 3.04. The molecule has 3 nitrogen and oxygen atoms in total. The third-order valence-corrected chi connectivity index (χ3v) is 4.77. The van der Waals surface area contributed by atoms with Crippen LogP contribution in [0.15, 0.2) is 18.2 Å². The lowest BCUT2D eigenvalue weighted by Gasteiger charge is -2.26. The lowest BCUT2D eigenvalue weighted by Crippen LogP contribution is -2.45. The molecule has 0 radical (unpaired) electrons. The smallest absolute Gasteiger partial charge is 0.154 e. The first kappa shape index (κ1) is 12.5. The monoisotopic (exact) mass is 257 g/mol. The summed E-state index contributed by atoms with van der Waals surface area (Å²) in [6.45, 7) is 3.29. The Kier molecular flexibility index (Phi) is 3.49. The van der Waals surface area contributed by atoms with Crippen molar-refractivity contribution in [2.24, 2.45) is 5.92 Å². The fourth-order valence-corrected chi connectivity index (χ4v) is 3.81. The Morgan fingerprint density at radius 1 is 1.41 bits per heavy atom. The molecule has 0 atom stereocenters. The molecule has 1 aliphatic heterocycles. The van der Waals surface area contributed by atoms with E-state index in [1.54, 1.807) is 13.0 Å². The number of nitrogens with one attached hydrogen (secondary N) is 1. The van der Waals surface area contributed by atoms with Gasteiger partial charge in [-0.3, -0.25) is 0 Å². The second-order valence-corrected chi connectivity index (χ2v) is 6.76. The van der Waals surface area contributed by atoms with Crippen molar-refractivity contribution < 1.29 is 12.8 Å². The Bertz CT molecular complexity index is 509. The molecule has 5 heteroatoms. The molecule has 1 aliphatic rings. The number of hydrogen-bond acceptors (Lipinski definition) is 3. The van der Waals surface area contributed by atoms with Gasteiger partial charge in [-0.25, -0.2) is 12.8 Å². The highest BCUT2D eigenvalue weighted by Crippen LogP contribution is 2.16. The van der Waals surface area contributed by atoms with Crippen LogP contribution in [-0.4, -0.2) is 27.3 Å². The van der Waals surface area contributed by atoms with Gasteiger partial charge in [-0.2, -0.15) is 0 Å². The first-order chi connectivity index (χ1) is 7.96. The highest BCUT2D eigenvalue weighted by Gasteiger charge is 2.24. The Balaban J connectivity index is 2.08. The van der Waals surface area contributed by atoms with E-state index in [0.29, 0.717) is 11.1 Å². The summed E-state index contributed by atoms with van der Waals surface area (Å²) in [6.07, 6.45) is 0. The molecule has 1 heterocycles. The first-order valence-corrected chi connectivity index (χ1v) is 7.44. The van der Waals surface area contributed by atoms with E-state index in [-0.39, 0.29) is 23.2 Å². The minimum absolute atomic E-state index is 0.00954. The van der Waals surface area contributed by atoms with Crippen LogP contribution in [0.1, 0.15) is 11.1 Å². The van der Waals surface area contributed by atoms with E-state index in [1.807, 2.05) is 0 Å². The number of aryl methyl sites for hydroxylation is 1. The second kappa shape index (κ2) is 4.74. The maximum absolute atomic E-state index is 12.9. The predicted octanol–water partition coefficient (Wildman–Crippen LogP) is 1.27. The zero-order chi connectivity index (χ0) is 12.5. The Labute approximate surface area is 101 Å². The van der Waals surface area contributed by atoms with Gasteiger partial charge in [0.1, 0.15) is 5.82 Å². The molecule has 0 bridgehead atoms. The van der Waals surface area contributed by atoms with Crippen LogP contribution in [0.25, 0.3) is 0 Å². The summed E-state index contributed by atoms with van der Waals surface area (Å²) in [5, 5.41) is 3.05. The molecule has 94 valence electrons. The average molecular weight is 257 g/mol. The minimum Gasteiger partial charge on any atom is -0.316 e. The van der Waals surface area contributed by atoms with Gasteiger partial charge >= 0.3 is 0 Å². The number of rotatable bonds is 4.